The van der Waals surface area contributed by atoms with Crippen molar-refractivity contribution in [1.82, 2.24) is 10.2 Å². The second-order valence-corrected chi connectivity index (χ2v) is 5.25. The molecule has 1 N–H and O–H groups in total. The van der Waals surface area contributed by atoms with E-state index in [2.05, 4.69) is 41.5 Å². The lowest BCUT2D eigenvalue weighted by Crippen LogP contribution is -2.21. The minimum Gasteiger partial charge on any atom is -0.319 e. The van der Waals surface area contributed by atoms with E-state index in [9.17, 15) is 0 Å². The van der Waals surface area contributed by atoms with Crippen molar-refractivity contribution in [3.63, 3.8) is 0 Å². The summed E-state index contributed by atoms with van der Waals surface area (Å²) in [5.74, 6) is 1.88. The number of benzene rings is 1. The van der Waals surface area contributed by atoms with E-state index in [0.29, 0.717) is 0 Å². The number of hydrogen-bond donors (Lipinski definition) is 1. The summed E-state index contributed by atoms with van der Waals surface area (Å²) in [6.45, 7) is 4.82. The summed E-state index contributed by atoms with van der Waals surface area (Å²) in [5, 5.41) is 3.28. The average molecular weight is 216 g/mol. The minimum atomic E-state index is 0.939. The third kappa shape index (κ3) is 2.00. The van der Waals surface area contributed by atoms with Gasteiger partial charge in [0, 0.05) is 19.6 Å². The molecule has 2 atom stereocenters. The van der Waals surface area contributed by atoms with Crippen LogP contribution in [0.3, 0.4) is 0 Å². The first-order chi connectivity index (χ1) is 7.86. The molecular weight excluding hydrogens is 196 g/mol. The first kappa shape index (κ1) is 10.3. The summed E-state index contributed by atoms with van der Waals surface area (Å²) in [7, 11) is 2.06. The Morgan fingerprint density at radius 1 is 1.19 bits per heavy atom. The predicted octanol–water partition coefficient (Wildman–Crippen LogP) is 1.86. The Balaban J connectivity index is 1.53. The van der Waals surface area contributed by atoms with Crippen LogP contribution in [0.1, 0.15) is 17.5 Å². The van der Waals surface area contributed by atoms with Crippen LogP contribution >= 0.6 is 0 Å². The number of nitrogens with one attached hydrogen (secondary N) is 1. The Kier molecular flexibility index (Phi) is 2.70. The van der Waals surface area contributed by atoms with Gasteiger partial charge in [0.1, 0.15) is 0 Å². The van der Waals surface area contributed by atoms with Crippen LogP contribution in [-0.4, -0.2) is 25.0 Å². The molecule has 0 saturated heterocycles. The summed E-state index contributed by atoms with van der Waals surface area (Å²) in [6, 6.07) is 8.85. The summed E-state index contributed by atoms with van der Waals surface area (Å²) in [6.07, 6.45) is 1.42. The fourth-order valence-electron chi connectivity index (χ4n) is 2.91. The Morgan fingerprint density at radius 2 is 1.88 bits per heavy atom. The maximum Gasteiger partial charge on any atom is 0.0240 e. The van der Waals surface area contributed by atoms with Crippen molar-refractivity contribution in [2.75, 3.05) is 20.1 Å². The number of rotatable bonds is 4. The van der Waals surface area contributed by atoms with Gasteiger partial charge in [-0.2, -0.15) is 0 Å². The fourth-order valence-corrected chi connectivity index (χ4v) is 2.91. The largest absolute Gasteiger partial charge is 0.319 e. The first-order valence-corrected chi connectivity index (χ1v) is 6.30. The molecule has 1 fully saturated rings. The van der Waals surface area contributed by atoms with Crippen molar-refractivity contribution >= 4 is 0 Å². The molecule has 3 rings (SSSR count). The molecule has 0 amide bonds. The van der Waals surface area contributed by atoms with Gasteiger partial charge >= 0.3 is 0 Å². The summed E-state index contributed by atoms with van der Waals surface area (Å²) < 4.78 is 0. The normalized spacial score (nSPS) is 28.1. The third-order valence-corrected chi connectivity index (χ3v) is 3.93. The summed E-state index contributed by atoms with van der Waals surface area (Å²) in [5.41, 5.74) is 3.07. The van der Waals surface area contributed by atoms with Gasteiger partial charge in [0.25, 0.3) is 0 Å². The van der Waals surface area contributed by atoms with Crippen LogP contribution < -0.4 is 5.32 Å². The standard InChI is InChI=1S/C14H20N2/c1-15-7-13-6-14(13)10-16-8-11-4-2-3-5-12(11)9-16/h2-5,13-15H,6-10H2,1H3. The molecule has 0 radical (unpaired) electrons. The van der Waals surface area contributed by atoms with Gasteiger partial charge in [0.2, 0.25) is 0 Å². The van der Waals surface area contributed by atoms with Crippen LogP contribution in [0.4, 0.5) is 0 Å². The van der Waals surface area contributed by atoms with Crippen LogP contribution in [0, 0.1) is 11.8 Å². The predicted molar refractivity (Wildman–Crippen MR) is 66.1 cm³/mol. The van der Waals surface area contributed by atoms with Crippen molar-refractivity contribution in [3.8, 4) is 0 Å². The van der Waals surface area contributed by atoms with Crippen molar-refractivity contribution in [2.45, 2.75) is 19.5 Å². The van der Waals surface area contributed by atoms with E-state index in [1.807, 2.05) is 0 Å². The quantitative estimate of drug-likeness (QED) is 0.826. The van der Waals surface area contributed by atoms with Gasteiger partial charge < -0.3 is 5.32 Å². The molecular formula is C14H20N2. The highest BCUT2D eigenvalue weighted by molar-refractivity contribution is 5.30. The zero-order valence-corrected chi connectivity index (χ0v) is 9.95. The van der Waals surface area contributed by atoms with E-state index < -0.39 is 0 Å². The minimum absolute atomic E-state index is 0.939. The zero-order chi connectivity index (χ0) is 11.0. The smallest absolute Gasteiger partial charge is 0.0240 e. The number of hydrogen-bond acceptors (Lipinski definition) is 2. The van der Waals surface area contributed by atoms with Crippen LogP contribution in [-0.2, 0) is 13.1 Å². The van der Waals surface area contributed by atoms with E-state index in [1.54, 1.807) is 0 Å². The van der Waals surface area contributed by atoms with E-state index in [4.69, 9.17) is 0 Å². The lowest BCUT2D eigenvalue weighted by atomic mass is 10.1. The molecule has 1 aromatic carbocycles. The van der Waals surface area contributed by atoms with Crippen LogP contribution in [0.5, 0.6) is 0 Å². The van der Waals surface area contributed by atoms with E-state index in [-0.39, 0.29) is 0 Å². The van der Waals surface area contributed by atoms with E-state index in [0.717, 1.165) is 11.8 Å². The third-order valence-electron chi connectivity index (χ3n) is 3.93. The highest BCUT2D eigenvalue weighted by Gasteiger charge is 2.38. The van der Waals surface area contributed by atoms with Gasteiger partial charge in [-0.1, -0.05) is 24.3 Å². The van der Waals surface area contributed by atoms with Crippen molar-refractivity contribution in [2.24, 2.45) is 11.8 Å². The molecule has 2 nitrogen and oxygen atoms in total. The highest BCUT2D eigenvalue weighted by Crippen LogP contribution is 2.39. The fraction of sp³-hybridized carbons (Fsp3) is 0.571. The maximum atomic E-state index is 3.28. The molecule has 1 saturated carbocycles. The Hall–Kier alpha value is -0.860. The molecule has 0 bridgehead atoms. The van der Waals surface area contributed by atoms with E-state index in [1.165, 1.54) is 43.7 Å². The molecule has 0 aromatic heterocycles. The number of nitrogens with zero attached hydrogens (tertiary/aromatic N) is 1. The van der Waals surface area contributed by atoms with Gasteiger partial charge in [0.15, 0.2) is 0 Å². The summed E-state index contributed by atoms with van der Waals surface area (Å²) in [4.78, 5) is 2.60. The van der Waals surface area contributed by atoms with Gasteiger partial charge in [-0.3, -0.25) is 4.90 Å². The Morgan fingerprint density at radius 3 is 2.50 bits per heavy atom. The van der Waals surface area contributed by atoms with Crippen molar-refractivity contribution in [1.29, 1.82) is 0 Å². The lowest BCUT2D eigenvalue weighted by Gasteiger charge is -2.14. The molecule has 1 aromatic rings. The monoisotopic (exact) mass is 216 g/mol. The second kappa shape index (κ2) is 4.19. The topological polar surface area (TPSA) is 15.3 Å². The summed E-state index contributed by atoms with van der Waals surface area (Å²) >= 11 is 0. The van der Waals surface area contributed by atoms with Crippen LogP contribution in [0.15, 0.2) is 24.3 Å². The van der Waals surface area contributed by atoms with Gasteiger partial charge in [-0.05, 0) is 43.0 Å². The first-order valence-electron chi connectivity index (χ1n) is 6.30. The number of fused-ring (bicyclic) bond motifs is 1. The molecule has 16 heavy (non-hydrogen) atoms. The zero-order valence-electron chi connectivity index (χ0n) is 9.95. The van der Waals surface area contributed by atoms with Gasteiger partial charge in [-0.15, -0.1) is 0 Å². The molecule has 1 aliphatic heterocycles. The van der Waals surface area contributed by atoms with Gasteiger partial charge in [-0.25, -0.2) is 0 Å². The average Bonchev–Trinajstić information content (AvgIpc) is 2.88. The molecule has 0 spiro atoms. The van der Waals surface area contributed by atoms with Gasteiger partial charge in [0.05, 0.1) is 0 Å². The maximum absolute atomic E-state index is 3.28. The second-order valence-electron chi connectivity index (χ2n) is 5.25. The Bertz CT molecular complexity index is 350. The molecule has 1 aliphatic carbocycles. The van der Waals surface area contributed by atoms with Crippen molar-refractivity contribution in [3.05, 3.63) is 35.4 Å². The molecule has 86 valence electrons. The van der Waals surface area contributed by atoms with Crippen molar-refractivity contribution < 1.29 is 0 Å². The molecule has 1 heterocycles. The lowest BCUT2D eigenvalue weighted by molar-refractivity contribution is 0.266. The van der Waals surface area contributed by atoms with Crippen LogP contribution in [0.25, 0.3) is 0 Å². The van der Waals surface area contributed by atoms with E-state index >= 15 is 0 Å². The molecule has 2 aliphatic rings. The molecule has 2 heteroatoms. The van der Waals surface area contributed by atoms with Crippen LogP contribution in [0.2, 0.25) is 0 Å². The highest BCUT2D eigenvalue weighted by atomic mass is 15.1. The SMILES string of the molecule is CNCC1CC1CN1Cc2ccccc2C1. The Labute approximate surface area is 97.6 Å². The molecule has 2 unspecified atom stereocenters.